The number of amides is 2. The summed E-state index contributed by atoms with van der Waals surface area (Å²) in [6, 6.07) is 0. The first kappa shape index (κ1) is 9.66. The number of nitrogens with one attached hydrogen (secondary N) is 2. The fraction of sp³-hybridized carbons (Fsp3) is 0.571. The third-order valence-electron chi connectivity index (χ3n) is 1.52. The molecule has 0 aliphatic carbocycles. The highest BCUT2D eigenvalue weighted by atomic mass is 16.5. The molecule has 1 fully saturated rings. The van der Waals surface area contributed by atoms with Gasteiger partial charge in [-0.25, -0.2) is 0 Å². The molecular formula is C7H11N3O3. The summed E-state index contributed by atoms with van der Waals surface area (Å²) < 4.78 is 4.92. The monoisotopic (exact) mass is 185 g/mol. The third-order valence-corrected chi connectivity index (χ3v) is 1.52. The number of aliphatic imine (C=N–C) groups is 1. The maximum absolute atomic E-state index is 11.2. The Balaban J connectivity index is 2.70. The lowest BCUT2D eigenvalue weighted by Gasteiger charge is -2.22. The van der Waals surface area contributed by atoms with E-state index in [1.165, 1.54) is 7.05 Å². The maximum Gasteiger partial charge on any atom is 0.265 e. The Morgan fingerprint density at radius 3 is 2.31 bits per heavy atom. The zero-order valence-corrected chi connectivity index (χ0v) is 7.46. The number of hydrogen-bond donors (Lipinski definition) is 2. The van der Waals surface area contributed by atoms with Gasteiger partial charge >= 0.3 is 0 Å². The van der Waals surface area contributed by atoms with E-state index in [0.29, 0.717) is 6.61 Å². The number of nitrogens with zero attached hydrogens (tertiary/aromatic N) is 1. The summed E-state index contributed by atoms with van der Waals surface area (Å²) >= 11 is 0. The normalized spacial score (nSPS) is 22.3. The van der Waals surface area contributed by atoms with E-state index in [1.54, 1.807) is 6.92 Å². The van der Waals surface area contributed by atoms with E-state index in [1.807, 2.05) is 0 Å². The minimum absolute atomic E-state index is 0.158. The Morgan fingerprint density at radius 2 is 1.92 bits per heavy atom. The zero-order valence-electron chi connectivity index (χ0n) is 7.46. The molecule has 0 bridgehead atoms. The maximum atomic E-state index is 11.2. The van der Waals surface area contributed by atoms with Gasteiger partial charge in [0, 0.05) is 13.7 Å². The molecule has 0 atom stereocenters. The second-order valence-corrected chi connectivity index (χ2v) is 2.39. The number of hydrogen-bond acceptors (Lipinski definition) is 4. The molecule has 1 rings (SSSR count). The van der Waals surface area contributed by atoms with Crippen molar-refractivity contribution in [1.82, 2.24) is 10.6 Å². The standard InChI is InChI=1S/C7H11N3O3/c1-3-13-4-5(11)9-7(8-2)10-6(4)12/h4H,3H2,1-2H3,(H2,8,9,10,11,12). The first-order chi connectivity index (χ1) is 6.19. The second-order valence-electron chi connectivity index (χ2n) is 2.39. The van der Waals surface area contributed by atoms with E-state index < -0.39 is 17.9 Å². The zero-order chi connectivity index (χ0) is 9.84. The SMILES string of the molecule is CCOC1C(=O)NC(=NC)NC1=O. The molecule has 6 nitrogen and oxygen atoms in total. The largest absolute Gasteiger partial charge is 0.359 e. The van der Waals surface area contributed by atoms with Gasteiger partial charge in [-0.1, -0.05) is 0 Å². The van der Waals surface area contributed by atoms with Crippen molar-refractivity contribution in [2.75, 3.05) is 13.7 Å². The van der Waals surface area contributed by atoms with Crippen LogP contribution in [-0.4, -0.2) is 37.5 Å². The number of ether oxygens (including phenoxy) is 1. The van der Waals surface area contributed by atoms with Gasteiger partial charge < -0.3 is 4.74 Å². The lowest BCUT2D eigenvalue weighted by molar-refractivity contribution is -0.144. The van der Waals surface area contributed by atoms with Gasteiger partial charge in [-0.15, -0.1) is 0 Å². The van der Waals surface area contributed by atoms with Crippen LogP contribution in [0, 0.1) is 0 Å². The quantitative estimate of drug-likeness (QED) is 0.520. The number of rotatable bonds is 2. The summed E-state index contributed by atoms with van der Waals surface area (Å²) in [5.41, 5.74) is 0. The fourth-order valence-electron chi connectivity index (χ4n) is 0.945. The highest BCUT2D eigenvalue weighted by Crippen LogP contribution is 1.97. The predicted octanol–water partition coefficient (Wildman–Crippen LogP) is -1.38. The van der Waals surface area contributed by atoms with Crippen LogP contribution in [0.2, 0.25) is 0 Å². The van der Waals surface area contributed by atoms with Crippen molar-refractivity contribution < 1.29 is 14.3 Å². The van der Waals surface area contributed by atoms with Crippen molar-refractivity contribution >= 4 is 17.8 Å². The minimum atomic E-state index is -1.06. The van der Waals surface area contributed by atoms with E-state index in [9.17, 15) is 9.59 Å². The Morgan fingerprint density at radius 1 is 1.38 bits per heavy atom. The van der Waals surface area contributed by atoms with E-state index >= 15 is 0 Å². The van der Waals surface area contributed by atoms with Crippen LogP contribution in [0.3, 0.4) is 0 Å². The highest BCUT2D eigenvalue weighted by Gasteiger charge is 2.33. The number of guanidine groups is 1. The molecule has 0 spiro atoms. The van der Waals surface area contributed by atoms with Gasteiger partial charge in [-0.05, 0) is 6.92 Å². The molecule has 1 aliphatic rings. The van der Waals surface area contributed by atoms with Crippen molar-refractivity contribution in [3.63, 3.8) is 0 Å². The summed E-state index contributed by atoms with van der Waals surface area (Å²) in [6.07, 6.45) is -1.06. The van der Waals surface area contributed by atoms with Gasteiger partial charge in [0.15, 0.2) is 0 Å². The number of carbonyl (C=O) groups excluding carboxylic acids is 2. The van der Waals surface area contributed by atoms with Gasteiger partial charge in [0.25, 0.3) is 11.8 Å². The molecule has 1 aliphatic heterocycles. The summed E-state index contributed by atoms with van der Waals surface area (Å²) in [4.78, 5) is 26.0. The predicted molar refractivity (Wildman–Crippen MR) is 45.1 cm³/mol. The first-order valence-electron chi connectivity index (χ1n) is 3.89. The van der Waals surface area contributed by atoms with Gasteiger partial charge in [-0.2, -0.15) is 0 Å². The Kier molecular flexibility index (Phi) is 2.97. The smallest absolute Gasteiger partial charge is 0.265 e. The molecule has 2 amide bonds. The van der Waals surface area contributed by atoms with Crippen molar-refractivity contribution in [3.05, 3.63) is 0 Å². The molecule has 13 heavy (non-hydrogen) atoms. The van der Waals surface area contributed by atoms with Crippen LogP contribution in [0.4, 0.5) is 0 Å². The van der Waals surface area contributed by atoms with Crippen LogP contribution < -0.4 is 10.6 Å². The van der Waals surface area contributed by atoms with Crippen LogP contribution in [0.15, 0.2) is 4.99 Å². The fourth-order valence-corrected chi connectivity index (χ4v) is 0.945. The van der Waals surface area contributed by atoms with Crippen LogP contribution in [0.25, 0.3) is 0 Å². The summed E-state index contributed by atoms with van der Waals surface area (Å²) in [5, 5.41) is 4.77. The third kappa shape index (κ3) is 2.03. The molecule has 0 aromatic rings. The van der Waals surface area contributed by atoms with Gasteiger partial charge in [0.05, 0.1) is 0 Å². The Bertz CT molecular complexity index is 242. The average Bonchev–Trinajstić information content (AvgIpc) is 2.11. The average molecular weight is 185 g/mol. The van der Waals surface area contributed by atoms with E-state index in [-0.39, 0.29) is 5.96 Å². The molecule has 2 N–H and O–H groups in total. The molecule has 1 saturated heterocycles. The summed E-state index contributed by atoms with van der Waals surface area (Å²) in [5.74, 6) is -0.802. The van der Waals surface area contributed by atoms with Gasteiger partial charge in [-0.3, -0.25) is 25.2 Å². The van der Waals surface area contributed by atoms with Crippen LogP contribution >= 0.6 is 0 Å². The highest BCUT2D eigenvalue weighted by molar-refractivity contribution is 6.19. The Labute approximate surface area is 75.4 Å². The first-order valence-corrected chi connectivity index (χ1v) is 3.89. The van der Waals surface area contributed by atoms with Crippen molar-refractivity contribution in [3.8, 4) is 0 Å². The second kappa shape index (κ2) is 3.99. The molecule has 1 heterocycles. The Hall–Kier alpha value is -1.43. The van der Waals surface area contributed by atoms with Crippen molar-refractivity contribution in [1.29, 1.82) is 0 Å². The molecule has 0 radical (unpaired) electrons. The van der Waals surface area contributed by atoms with E-state index in [4.69, 9.17) is 4.74 Å². The van der Waals surface area contributed by atoms with E-state index in [0.717, 1.165) is 0 Å². The molecule has 72 valence electrons. The van der Waals surface area contributed by atoms with Gasteiger partial charge in [0.2, 0.25) is 12.1 Å². The van der Waals surface area contributed by atoms with Crippen LogP contribution in [-0.2, 0) is 14.3 Å². The van der Waals surface area contributed by atoms with E-state index in [2.05, 4.69) is 15.6 Å². The van der Waals surface area contributed by atoms with Crippen molar-refractivity contribution in [2.24, 2.45) is 4.99 Å². The van der Waals surface area contributed by atoms with Crippen LogP contribution in [0.1, 0.15) is 6.92 Å². The number of carbonyl (C=O) groups is 2. The lowest BCUT2D eigenvalue weighted by Crippen LogP contribution is -2.60. The minimum Gasteiger partial charge on any atom is -0.359 e. The van der Waals surface area contributed by atoms with Crippen LogP contribution in [0.5, 0.6) is 0 Å². The lowest BCUT2D eigenvalue weighted by atomic mass is 10.2. The summed E-state index contributed by atoms with van der Waals surface area (Å²) in [6.45, 7) is 2.02. The van der Waals surface area contributed by atoms with Gasteiger partial charge in [0.1, 0.15) is 0 Å². The molecule has 0 aromatic carbocycles. The molecule has 6 heteroatoms. The molecule has 0 saturated carbocycles. The topological polar surface area (TPSA) is 79.8 Å². The molecule has 0 unspecified atom stereocenters. The van der Waals surface area contributed by atoms with Crippen molar-refractivity contribution in [2.45, 2.75) is 13.0 Å². The summed E-state index contributed by atoms with van der Waals surface area (Å²) in [7, 11) is 1.47. The molecular weight excluding hydrogens is 174 g/mol. The molecule has 0 aromatic heterocycles.